The normalized spacial score (nSPS) is 13.9. The number of benzene rings is 2. The average Bonchev–Trinajstić information content (AvgIpc) is 2.60. The highest BCUT2D eigenvalue weighted by Gasteiger charge is 2.25. The molecule has 0 aromatic heterocycles. The summed E-state index contributed by atoms with van der Waals surface area (Å²) in [6.45, 7) is 1.42. The Kier molecular flexibility index (Phi) is 6.52. The van der Waals surface area contributed by atoms with Crippen LogP contribution in [0.1, 0.15) is 12.5 Å². The van der Waals surface area contributed by atoms with Gasteiger partial charge in [-0.1, -0.05) is 23.7 Å². The first-order valence-electron chi connectivity index (χ1n) is 7.85. The molecule has 0 spiro atoms. The van der Waals surface area contributed by atoms with Crippen LogP contribution in [0.15, 0.2) is 47.4 Å². The minimum atomic E-state index is -3.81. The van der Waals surface area contributed by atoms with Crippen molar-refractivity contribution in [2.24, 2.45) is 0 Å². The number of methoxy groups -OCH3 is 2. The minimum Gasteiger partial charge on any atom is -0.497 e. The van der Waals surface area contributed by atoms with Crippen LogP contribution in [0.25, 0.3) is 0 Å². The zero-order valence-electron chi connectivity index (χ0n) is 14.8. The third kappa shape index (κ3) is 5.35. The van der Waals surface area contributed by atoms with E-state index in [1.54, 1.807) is 26.2 Å². The number of nitrogens with one attached hydrogen (secondary N) is 1. The summed E-state index contributed by atoms with van der Waals surface area (Å²) in [4.78, 5) is 0.00328. The molecule has 0 saturated heterocycles. The van der Waals surface area contributed by atoms with E-state index in [1.807, 2.05) is 12.1 Å². The molecule has 0 unspecified atom stereocenters. The van der Waals surface area contributed by atoms with Gasteiger partial charge in [-0.25, -0.2) is 13.1 Å². The second-order valence-corrected chi connectivity index (χ2v) is 8.32. The molecule has 2 rings (SSSR count). The van der Waals surface area contributed by atoms with Gasteiger partial charge in [0, 0.05) is 13.0 Å². The molecule has 2 aromatic rings. The summed E-state index contributed by atoms with van der Waals surface area (Å²) in [5.74, 6) is 1.10. The van der Waals surface area contributed by atoms with Gasteiger partial charge in [-0.05, 0) is 42.8 Å². The maximum absolute atomic E-state index is 12.4. The van der Waals surface area contributed by atoms with Gasteiger partial charge in [0.25, 0.3) is 0 Å². The molecule has 0 fully saturated rings. The van der Waals surface area contributed by atoms with E-state index < -0.39 is 15.6 Å². The highest BCUT2D eigenvalue weighted by atomic mass is 35.5. The molecule has 142 valence electrons. The Hall–Kier alpha value is -1.80. The molecule has 0 heterocycles. The Morgan fingerprint density at radius 2 is 1.77 bits per heavy atom. The summed E-state index contributed by atoms with van der Waals surface area (Å²) >= 11 is 5.98. The molecular formula is C18H22ClNO5S. The molecule has 0 radical (unpaired) electrons. The van der Waals surface area contributed by atoms with Gasteiger partial charge >= 0.3 is 0 Å². The summed E-state index contributed by atoms with van der Waals surface area (Å²) in [5.41, 5.74) is -0.403. The first-order valence-corrected chi connectivity index (χ1v) is 9.71. The third-order valence-electron chi connectivity index (χ3n) is 3.82. The lowest BCUT2D eigenvalue weighted by Gasteiger charge is -2.24. The lowest BCUT2D eigenvalue weighted by molar-refractivity contribution is 0.0657. The molecule has 0 aliphatic heterocycles. The van der Waals surface area contributed by atoms with E-state index >= 15 is 0 Å². The Morgan fingerprint density at radius 3 is 2.31 bits per heavy atom. The van der Waals surface area contributed by atoms with Crippen molar-refractivity contribution < 1.29 is 23.0 Å². The van der Waals surface area contributed by atoms with Crippen LogP contribution in [0.2, 0.25) is 5.02 Å². The molecule has 8 heteroatoms. The topological polar surface area (TPSA) is 84.9 Å². The number of aliphatic hydroxyl groups is 1. The lowest BCUT2D eigenvalue weighted by atomic mass is 9.97. The fourth-order valence-electron chi connectivity index (χ4n) is 2.39. The maximum Gasteiger partial charge on any atom is 0.240 e. The average molecular weight is 400 g/mol. The van der Waals surface area contributed by atoms with Crippen LogP contribution in [0.3, 0.4) is 0 Å². The van der Waals surface area contributed by atoms with Crippen LogP contribution in [-0.2, 0) is 16.4 Å². The summed E-state index contributed by atoms with van der Waals surface area (Å²) in [6, 6.07) is 11.4. The fraction of sp³-hybridized carbons (Fsp3) is 0.333. The standard InChI is InChI=1S/C18H22ClNO5S/c1-18(21,11-13-4-6-14(24-2)7-5-13)12-20-26(22,23)15-8-9-17(25-3)16(19)10-15/h4-10,20-21H,11-12H2,1-3H3/t18-/m1/s1. The minimum absolute atomic E-state index is 0.00328. The van der Waals surface area contributed by atoms with E-state index in [9.17, 15) is 13.5 Å². The van der Waals surface area contributed by atoms with E-state index in [-0.39, 0.29) is 22.9 Å². The first kappa shape index (κ1) is 20.5. The maximum atomic E-state index is 12.4. The van der Waals surface area contributed by atoms with Crippen molar-refractivity contribution in [1.29, 1.82) is 0 Å². The SMILES string of the molecule is COc1ccc(C[C@@](C)(O)CNS(=O)(=O)c2ccc(OC)c(Cl)c2)cc1. The van der Waals surface area contributed by atoms with Crippen LogP contribution in [0.4, 0.5) is 0 Å². The van der Waals surface area contributed by atoms with Gasteiger partial charge in [-0.2, -0.15) is 0 Å². The Bertz CT molecular complexity index is 850. The molecule has 2 aromatic carbocycles. The molecule has 2 N–H and O–H groups in total. The summed E-state index contributed by atoms with van der Waals surface area (Å²) in [5, 5.41) is 10.7. The predicted octanol–water partition coefficient (Wildman–Crippen LogP) is 2.63. The highest BCUT2D eigenvalue weighted by molar-refractivity contribution is 7.89. The van der Waals surface area contributed by atoms with Crippen molar-refractivity contribution in [2.75, 3.05) is 20.8 Å². The van der Waals surface area contributed by atoms with Gasteiger partial charge in [-0.15, -0.1) is 0 Å². The Balaban J connectivity index is 2.05. The molecule has 0 saturated carbocycles. The molecule has 0 amide bonds. The van der Waals surface area contributed by atoms with Crippen LogP contribution >= 0.6 is 11.6 Å². The van der Waals surface area contributed by atoms with Crippen LogP contribution in [0.5, 0.6) is 11.5 Å². The van der Waals surface area contributed by atoms with Crippen LogP contribution in [-0.4, -0.2) is 39.9 Å². The van der Waals surface area contributed by atoms with Gasteiger partial charge in [0.1, 0.15) is 11.5 Å². The van der Waals surface area contributed by atoms with Gasteiger partial charge in [0.05, 0.1) is 29.7 Å². The zero-order valence-corrected chi connectivity index (χ0v) is 16.4. The zero-order chi connectivity index (χ0) is 19.4. The van der Waals surface area contributed by atoms with E-state index in [0.717, 1.165) is 5.56 Å². The number of hydrogen-bond acceptors (Lipinski definition) is 5. The number of rotatable bonds is 8. The van der Waals surface area contributed by atoms with E-state index in [4.69, 9.17) is 21.1 Å². The Morgan fingerprint density at radius 1 is 1.12 bits per heavy atom. The van der Waals surface area contributed by atoms with Gasteiger partial charge < -0.3 is 14.6 Å². The first-order chi connectivity index (χ1) is 12.2. The smallest absolute Gasteiger partial charge is 0.240 e. The monoisotopic (exact) mass is 399 g/mol. The highest BCUT2D eigenvalue weighted by Crippen LogP contribution is 2.27. The van der Waals surface area contributed by atoms with E-state index in [2.05, 4.69) is 4.72 Å². The van der Waals surface area contributed by atoms with Crippen molar-refractivity contribution in [3.63, 3.8) is 0 Å². The second-order valence-electron chi connectivity index (χ2n) is 6.14. The fourth-order valence-corrected chi connectivity index (χ4v) is 3.90. The molecule has 0 aliphatic rings. The largest absolute Gasteiger partial charge is 0.497 e. The number of ether oxygens (including phenoxy) is 2. The molecule has 26 heavy (non-hydrogen) atoms. The quantitative estimate of drug-likeness (QED) is 0.712. The van der Waals surface area contributed by atoms with Gasteiger partial charge in [0.15, 0.2) is 0 Å². The number of hydrogen-bond donors (Lipinski definition) is 2. The van der Waals surface area contributed by atoms with Crippen molar-refractivity contribution in [3.8, 4) is 11.5 Å². The molecular weight excluding hydrogens is 378 g/mol. The predicted molar refractivity (Wildman–Crippen MR) is 101 cm³/mol. The molecule has 0 bridgehead atoms. The van der Waals surface area contributed by atoms with Crippen LogP contribution < -0.4 is 14.2 Å². The summed E-state index contributed by atoms with van der Waals surface area (Å²) in [7, 11) is -0.791. The van der Waals surface area contributed by atoms with Crippen molar-refractivity contribution in [2.45, 2.75) is 23.8 Å². The molecule has 6 nitrogen and oxygen atoms in total. The van der Waals surface area contributed by atoms with E-state index in [1.165, 1.54) is 25.3 Å². The van der Waals surface area contributed by atoms with Gasteiger partial charge in [0.2, 0.25) is 10.0 Å². The van der Waals surface area contributed by atoms with Crippen molar-refractivity contribution in [3.05, 3.63) is 53.1 Å². The molecule has 1 atom stereocenters. The summed E-state index contributed by atoms with van der Waals surface area (Å²) < 4.78 is 37.4. The number of halogens is 1. The summed E-state index contributed by atoms with van der Waals surface area (Å²) in [6.07, 6.45) is 0.281. The second kappa shape index (κ2) is 8.26. The number of sulfonamides is 1. The van der Waals surface area contributed by atoms with Crippen molar-refractivity contribution >= 4 is 21.6 Å². The Labute approximate surface area is 158 Å². The third-order valence-corrected chi connectivity index (χ3v) is 5.51. The van der Waals surface area contributed by atoms with Gasteiger partial charge in [-0.3, -0.25) is 0 Å². The lowest BCUT2D eigenvalue weighted by Crippen LogP contribution is -2.42. The van der Waals surface area contributed by atoms with E-state index in [0.29, 0.717) is 11.5 Å². The van der Waals surface area contributed by atoms with Crippen LogP contribution in [0, 0.1) is 0 Å². The molecule has 0 aliphatic carbocycles. The van der Waals surface area contributed by atoms with Crippen molar-refractivity contribution in [1.82, 2.24) is 4.72 Å².